The van der Waals surface area contributed by atoms with Crippen LogP contribution < -0.4 is 0 Å². The van der Waals surface area contributed by atoms with E-state index in [1.54, 1.807) is 49.1 Å². The molecule has 4 heteroatoms. The summed E-state index contributed by atoms with van der Waals surface area (Å²) in [5.41, 5.74) is 6.07. The van der Waals surface area contributed by atoms with Crippen molar-refractivity contribution in [1.29, 1.82) is 0 Å². The third-order valence-corrected chi connectivity index (χ3v) is 5.18. The second kappa shape index (κ2) is 8.21. The molecule has 0 aliphatic rings. The Morgan fingerprint density at radius 2 is 0.933 bits per heavy atom. The summed E-state index contributed by atoms with van der Waals surface area (Å²) in [6, 6.07) is 18.5. The summed E-state index contributed by atoms with van der Waals surface area (Å²) in [5.74, 6) is -0.0890. The van der Waals surface area contributed by atoms with E-state index < -0.39 is 0 Å². The molecule has 0 N–H and O–H groups in total. The predicted molar refractivity (Wildman–Crippen MR) is 117 cm³/mol. The summed E-state index contributed by atoms with van der Waals surface area (Å²) in [4.78, 5) is 33.9. The van der Waals surface area contributed by atoms with E-state index in [-0.39, 0.29) is 11.6 Å². The van der Waals surface area contributed by atoms with Gasteiger partial charge in [-0.2, -0.15) is 0 Å². The van der Waals surface area contributed by atoms with E-state index in [2.05, 4.69) is 9.97 Å². The van der Waals surface area contributed by atoms with Gasteiger partial charge in [-0.05, 0) is 72.5 Å². The molecule has 0 radical (unpaired) electrons. The fraction of sp³-hybridized carbons (Fsp3) is 0.0769. The van der Waals surface area contributed by atoms with Crippen LogP contribution in [-0.2, 0) is 0 Å². The Hall–Kier alpha value is -3.92. The number of hydrogen-bond acceptors (Lipinski definition) is 4. The number of rotatable bonds is 5. The minimum Gasteiger partial charge on any atom is -0.289 e. The lowest BCUT2D eigenvalue weighted by atomic mass is 9.92. The highest BCUT2D eigenvalue weighted by molar-refractivity contribution is 6.11. The predicted octanol–water partition coefficient (Wildman–Crippen LogP) is 5.22. The first-order valence-corrected chi connectivity index (χ1v) is 9.66. The molecule has 0 saturated carbocycles. The molecule has 0 unspecified atom stereocenters. The molecule has 0 fully saturated rings. The molecule has 0 bridgehead atoms. The number of carbonyl (C=O) groups is 2. The quantitative estimate of drug-likeness (QED) is 0.437. The number of ketones is 2. The zero-order valence-corrected chi connectivity index (χ0v) is 16.8. The Morgan fingerprint density at radius 1 is 0.567 bits per heavy atom. The van der Waals surface area contributed by atoms with Crippen LogP contribution in [0.5, 0.6) is 0 Å². The zero-order chi connectivity index (χ0) is 21.1. The van der Waals surface area contributed by atoms with E-state index in [4.69, 9.17) is 0 Å². The molecule has 30 heavy (non-hydrogen) atoms. The van der Waals surface area contributed by atoms with E-state index in [1.807, 2.05) is 50.2 Å². The van der Waals surface area contributed by atoms with E-state index in [0.717, 1.165) is 22.3 Å². The highest BCUT2D eigenvalue weighted by atomic mass is 16.1. The lowest BCUT2D eigenvalue weighted by molar-refractivity contribution is 0.103. The normalized spacial score (nSPS) is 10.6. The molecule has 0 saturated heterocycles. The van der Waals surface area contributed by atoms with Gasteiger partial charge in [-0.25, -0.2) is 0 Å². The van der Waals surface area contributed by atoms with Crippen molar-refractivity contribution in [3.05, 3.63) is 119 Å². The van der Waals surface area contributed by atoms with Gasteiger partial charge in [0, 0.05) is 47.0 Å². The number of nitrogens with zero attached hydrogens (tertiary/aromatic N) is 2. The van der Waals surface area contributed by atoms with Crippen molar-refractivity contribution >= 4 is 11.6 Å². The summed E-state index contributed by atoms with van der Waals surface area (Å²) in [5, 5.41) is 0. The lowest BCUT2D eigenvalue weighted by Gasteiger charge is -2.11. The average Bonchev–Trinajstić information content (AvgIpc) is 2.80. The molecule has 2 aromatic heterocycles. The van der Waals surface area contributed by atoms with Gasteiger partial charge < -0.3 is 0 Å². The van der Waals surface area contributed by atoms with Crippen molar-refractivity contribution in [2.45, 2.75) is 13.8 Å². The summed E-state index contributed by atoms with van der Waals surface area (Å²) >= 11 is 0. The van der Waals surface area contributed by atoms with Gasteiger partial charge >= 0.3 is 0 Å². The van der Waals surface area contributed by atoms with Crippen molar-refractivity contribution in [2.75, 3.05) is 0 Å². The number of carbonyl (C=O) groups excluding carboxylic acids is 2. The minimum atomic E-state index is -0.0445. The van der Waals surface area contributed by atoms with Gasteiger partial charge in [0.1, 0.15) is 0 Å². The molecule has 4 rings (SSSR count). The van der Waals surface area contributed by atoms with Crippen LogP contribution in [-0.4, -0.2) is 21.5 Å². The summed E-state index contributed by atoms with van der Waals surface area (Å²) in [6.45, 7) is 3.84. The molecule has 0 aliphatic heterocycles. The number of aromatic nitrogens is 2. The van der Waals surface area contributed by atoms with Crippen LogP contribution in [0.15, 0.2) is 85.5 Å². The molecule has 0 atom stereocenters. The van der Waals surface area contributed by atoms with Crippen LogP contribution >= 0.6 is 0 Å². The monoisotopic (exact) mass is 392 g/mol. The highest BCUT2D eigenvalue weighted by Gasteiger charge is 2.16. The molecule has 0 amide bonds. The molecule has 2 aromatic carbocycles. The molecule has 0 spiro atoms. The van der Waals surface area contributed by atoms with E-state index in [1.165, 1.54) is 0 Å². The van der Waals surface area contributed by atoms with Gasteiger partial charge in [0.2, 0.25) is 0 Å². The van der Waals surface area contributed by atoms with Gasteiger partial charge in [0.05, 0.1) is 0 Å². The topological polar surface area (TPSA) is 59.9 Å². The molecule has 146 valence electrons. The summed E-state index contributed by atoms with van der Waals surface area (Å²) < 4.78 is 0. The third kappa shape index (κ3) is 3.80. The van der Waals surface area contributed by atoms with Crippen LogP contribution in [0.2, 0.25) is 0 Å². The fourth-order valence-electron chi connectivity index (χ4n) is 3.41. The van der Waals surface area contributed by atoms with Gasteiger partial charge in [-0.15, -0.1) is 0 Å². The second-order valence-corrected chi connectivity index (χ2v) is 7.19. The van der Waals surface area contributed by atoms with Gasteiger partial charge in [-0.3, -0.25) is 19.6 Å². The van der Waals surface area contributed by atoms with Gasteiger partial charge in [0.25, 0.3) is 0 Å². The lowest BCUT2D eigenvalue weighted by Crippen LogP contribution is -2.05. The van der Waals surface area contributed by atoms with Crippen LogP contribution in [0.1, 0.15) is 43.0 Å². The first-order valence-electron chi connectivity index (χ1n) is 9.66. The van der Waals surface area contributed by atoms with Crippen LogP contribution in [0, 0.1) is 13.8 Å². The molecular formula is C26H20N2O2. The Bertz CT molecular complexity index is 1130. The zero-order valence-electron chi connectivity index (χ0n) is 16.8. The Morgan fingerprint density at radius 3 is 1.30 bits per heavy atom. The van der Waals surface area contributed by atoms with E-state index in [9.17, 15) is 9.59 Å². The Kier molecular flexibility index (Phi) is 5.31. The first kappa shape index (κ1) is 19.4. The molecule has 4 aromatic rings. The van der Waals surface area contributed by atoms with Crippen LogP contribution in [0.4, 0.5) is 0 Å². The van der Waals surface area contributed by atoms with Crippen molar-refractivity contribution < 1.29 is 9.59 Å². The largest absolute Gasteiger partial charge is 0.289 e. The summed E-state index contributed by atoms with van der Waals surface area (Å²) in [7, 11) is 0. The van der Waals surface area contributed by atoms with Gasteiger partial charge in [-0.1, -0.05) is 24.3 Å². The van der Waals surface area contributed by atoms with Crippen LogP contribution in [0.25, 0.3) is 11.1 Å². The van der Waals surface area contributed by atoms with E-state index in [0.29, 0.717) is 22.3 Å². The van der Waals surface area contributed by atoms with Crippen molar-refractivity contribution in [1.82, 2.24) is 9.97 Å². The number of aryl methyl sites for hydroxylation is 2. The van der Waals surface area contributed by atoms with Gasteiger partial charge in [0.15, 0.2) is 11.6 Å². The number of pyridine rings is 2. The molecular weight excluding hydrogens is 372 g/mol. The highest BCUT2D eigenvalue weighted by Crippen LogP contribution is 2.27. The van der Waals surface area contributed by atoms with E-state index >= 15 is 0 Å². The average molecular weight is 392 g/mol. The number of hydrogen-bond donors (Lipinski definition) is 0. The molecule has 0 aliphatic carbocycles. The smallest absolute Gasteiger partial charge is 0.193 e. The fourth-order valence-corrected chi connectivity index (χ4v) is 3.41. The SMILES string of the molecule is Cc1ccc(-c2ccc(C)c(C(=O)c3ccncc3)c2)cc1C(=O)c1ccncc1. The van der Waals surface area contributed by atoms with Crippen LogP contribution in [0.3, 0.4) is 0 Å². The maximum atomic E-state index is 13.0. The van der Waals surface area contributed by atoms with Crippen molar-refractivity contribution in [2.24, 2.45) is 0 Å². The van der Waals surface area contributed by atoms with Crippen molar-refractivity contribution in [3.8, 4) is 11.1 Å². The molecule has 2 heterocycles. The first-order chi connectivity index (χ1) is 14.5. The third-order valence-electron chi connectivity index (χ3n) is 5.18. The maximum absolute atomic E-state index is 13.0. The summed E-state index contributed by atoms with van der Waals surface area (Å²) in [6.07, 6.45) is 6.46. The standard InChI is InChI=1S/C26H20N2O2/c1-17-3-5-21(15-23(17)25(29)19-7-11-27-12-8-19)22-6-4-18(2)24(16-22)26(30)20-9-13-28-14-10-20/h3-16H,1-2H3. The maximum Gasteiger partial charge on any atom is 0.193 e. The minimum absolute atomic E-state index is 0.0445. The number of benzene rings is 2. The second-order valence-electron chi connectivity index (χ2n) is 7.19. The Balaban J connectivity index is 1.75. The molecule has 4 nitrogen and oxygen atoms in total. The Labute approximate surface area is 175 Å². The van der Waals surface area contributed by atoms with Crippen molar-refractivity contribution in [3.63, 3.8) is 0 Å².